The second-order valence-electron chi connectivity index (χ2n) is 5.35. The van der Waals surface area contributed by atoms with Crippen molar-refractivity contribution < 1.29 is 13.2 Å². The number of hydrogen-bond acceptors (Lipinski definition) is 1. The third-order valence-corrected chi connectivity index (χ3v) is 3.62. The molecule has 0 heterocycles. The highest BCUT2D eigenvalue weighted by molar-refractivity contribution is 5.71. The molecule has 120 valence electrons. The van der Waals surface area contributed by atoms with Gasteiger partial charge in [0.15, 0.2) is 0 Å². The highest BCUT2D eigenvalue weighted by Crippen LogP contribution is 2.32. The molecule has 0 amide bonds. The SMILES string of the molecule is CCCC/C(C#N)=C(/CCCC)c1ccc(C(F)(F)F)cc1. The van der Waals surface area contributed by atoms with Gasteiger partial charge in [-0.25, -0.2) is 0 Å². The molecule has 0 bridgehead atoms. The van der Waals surface area contributed by atoms with Gasteiger partial charge in [-0.3, -0.25) is 0 Å². The number of benzene rings is 1. The van der Waals surface area contributed by atoms with E-state index in [2.05, 4.69) is 19.9 Å². The summed E-state index contributed by atoms with van der Waals surface area (Å²) >= 11 is 0. The summed E-state index contributed by atoms with van der Waals surface area (Å²) in [6, 6.07) is 7.40. The van der Waals surface area contributed by atoms with Crippen LogP contribution in [0.2, 0.25) is 0 Å². The Morgan fingerprint density at radius 1 is 1.00 bits per heavy atom. The van der Waals surface area contributed by atoms with Gasteiger partial charge in [-0.05, 0) is 49.0 Å². The molecule has 0 aromatic heterocycles. The van der Waals surface area contributed by atoms with Crippen LogP contribution in [-0.4, -0.2) is 0 Å². The molecular formula is C18H22F3N. The summed E-state index contributed by atoms with van der Waals surface area (Å²) in [5.41, 5.74) is 1.67. The Balaban J connectivity index is 3.16. The predicted molar refractivity (Wildman–Crippen MR) is 83.0 cm³/mol. The molecule has 22 heavy (non-hydrogen) atoms. The molecule has 0 spiro atoms. The van der Waals surface area contributed by atoms with Crippen molar-refractivity contribution in [1.29, 1.82) is 5.26 Å². The van der Waals surface area contributed by atoms with Crippen LogP contribution in [0.15, 0.2) is 29.8 Å². The number of halogens is 3. The molecule has 0 unspecified atom stereocenters. The minimum absolute atomic E-state index is 0.654. The van der Waals surface area contributed by atoms with E-state index >= 15 is 0 Å². The molecule has 0 saturated heterocycles. The average Bonchev–Trinajstić information content (AvgIpc) is 2.50. The lowest BCUT2D eigenvalue weighted by atomic mass is 9.92. The summed E-state index contributed by atoms with van der Waals surface area (Å²) in [5, 5.41) is 9.38. The van der Waals surface area contributed by atoms with Crippen LogP contribution in [0.3, 0.4) is 0 Å². The van der Waals surface area contributed by atoms with Crippen molar-refractivity contribution in [1.82, 2.24) is 0 Å². The fraction of sp³-hybridized carbons (Fsp3) is 0.500. The lowest BCUT2D eigenvalue weighted by Gasteiger charge is -2.13. The van der Waals surface area contributed by atoms with E-state index in [9.17, 15) is 18.4 Å². The number of nitrogens with zero attached hydrogens (tertiary/aromatic N) is 1. The van der Waals surface area contributed by atoms with Gasteiger partial charge in [-0.15, -0.1) is 0 Å². The van der Waals surface area contributed by atoms with Crippen LogP contribution in [0.4, 0.5) is 13.2 Å². The molecule has 0 fully saturated rings. The van der Waals surface area contributed by atoms with E-state index in [1.165, 1.54) is 12.1 Å². The monoisotopic (exact) mass is 309 g/mol. The van der Waals surface area contributed by atoms with Gasteiger partial charge in [0.2, 0.25) is 0 Å². The van der Waals surface area contributed by atoms with Crippen molar-refractivity contribution >= 4 is 5.57 Å². The first-order valence-electron chi connectivity index (χ1n) is 7.73. The Morgan fingerprint density at radius 2 is 1.55 bits per heavy atom. The number of unbranched alkanes of at least 4 members (excludes halogenated alkanes) is 2. The maximum Gasteiger partial charge on any atom is 0.416 e. The van der Waals surface area contributed by atoms with Crippen LogP contribution in [0, 0.1) is 11.3 Å². The Hall–Kier alpha value is -1.76. The number of rotatable bonds is 7. The predicted octanol–water partition coefficient (Wildman–Crippen LogP) is 6.36. The Bertz CT molecular complexity index is 533. The molecular weight excluding hydrogens is 287 g/mol. The second-order valence-corrected chi connectivity index (χ2v) is 5.35. The zero-order valence-electron chi connectivity index (χ0n) is 13.1. The molecule has 0 aliphatic heterocycles. The van der Waals surface area contributed by atoms with Gasteiger partial charge in [0.1, 0.15) is 0 Å². The number of nitriles is 1. The molecule has 0 N–H and O–H groups in total. The van der Waals surface area contributed by atoms with Crippen molar-refractivity contribution in [3.63, 3.8) is 0 Å². The van der Waals surface area contributed by atoms with E-state index in [-0.39, 0.29) is 0 Å². The van der Waals surface area contributed by atoms with E-state index in [1.54, 1.807) is 0 Å². The van der Waals surface area contributed by atoms with Crippen LogP contribution in [0.5, 0.6) is 0 Å². The fourth-order valence-corrected chi connectivity index (χ4v) is 2.31. The molecule has 0 radical (unpaired) electrons. The highest BCUT2D eigenvalue weighted by atomic mass is 19.4. The van der Waals surface area contributed by atoms with E-state index in [0.717, 1.165) is 55.4 Å². The molecule has 4 heteroatoms. The zero-order valence-corrected chi connectivity index (χ0v) is 13.1. The van der Waals surface area contributed by atoms with E-state index in [0.29, 0.717) is 12.0 Å². The molecule has 1 nitrogen and oxygen atoms in total. The standard InChI is InChI=1S/C18H22F3N/c1-3-5-7-15(13-22)17(8-6-4-2)14-9-11-16(12-10-14)18(19,20)21/h9-12H,3-8H2,1-2H3/b17-15+. The van der Waals surface area contributed by atoms with Crippen molar-refractivity contribution in [2.45, 2.75) is 58.5 Å². The van der Waals surface area contributed by atoms with Gasteiger partial charge in [-0.1, -0.05) is 38.8 Å². The normalized spacial score (nSPS) is 12.7. The van der Waals surface area contributed by atoms with Gasteiger partial charge in [0, 0.05) is 5.57 Å². The van der Waals surface area contributed by atoms with Crippen LogP contribution in [0.25, 0.3) is 5.57 Å². The molecule has 0 atom stereocenters. The topological polar surface area (TPSA) is 23.8 Å². The van der Waals surface area contributed by atoms with Gasteiger partial charge >= 0.3 is 6.18 Å². The maximum atomic E-state index is 12.7. The summed E-state index contributed by atoms with van der Waals surface area (Å²) in [5.74, 6) is 0. The number of alkyl halides is 3. The molecule has 1 aromatic carbocycles. The molecule has 1 aromatic rings. The van der Waals surface area contributed by atoms with Crippen LogP contribution in [0.1, 0.15) is 63.5 Å². The first kappa shape index (κ1) is 18.3. The molecule has 0 aliphatic carbocycles. The summed E-state index contributed by atoms with van der Waals surface area (Å²) < 4.78 is 38.0. The first-order chi connectivity index (χ1) is 10.4. The average molecular weight is 309 g/mol. The minimum atomic E-state index is -4.33. The summed E-state index contributed by atoms with van der Waals surface area (Å²) in [6.45, 7) is 4.11. The van der Waals surface area contributed by atoms with Crippen molar-refractivity contribution in [2.75, 3.05) is 0 Å². The second kappa shape index (κ2) is 8.63. The van der Waals surface area contributed by atoms with Crippen molar-refractivity contribution in [3.05, 3.63) is 41.0 Å². The van der Waals surface area contributed by atoms with E-state index in [4.69, 9.17) is 0 Å². The molecule has 0 aliphatic rings. The quantitative estimate of drug-likeness (QED) is 0.537. The smallest absolute Gasteiger partial charge is 0.193 e. The van der Waals surface area contributed by atoms with Crippen LogP contribution < -0.4 is 0 Å². The first-order valence-corrected chi connectivity index (χ1v) is 7.73. The van der Waals surface area contributed by atoms with Gasteiger partial charge in [-0.2, -0.15) is 18.4 Å². The van der Waals surface area contributed by atoms with E-state index in [1.807, 2.05) is 0 Å². The lowest BCUT2D eigenvalue weighted by molar-refractivity contribution is -0.137. The van der Waals surface area contributed by atoms with Crippen LogP contribution in [-0.2, 0) is 6.18 Å². The Kier molecular flexibility index (Phi) is 7.17. The fourth-order valence-electron chi connectivity index (χ4n) is 2.31. The minimum Gasteiger partial charge on any atom is -0.193 e. The van der Waals surface area contributed by atoms with Crippen molar-refractivity contribution in [3.8, 4) is 6.07 Å². The van der Waals surface area contributed by atoms with Gasteiger partial charge < -0.3 is 0 Å². The zero-order chi connectivity index (χ0) is 16.6. The third-order valence-electron chi connectivity index (χ3n) is 3.62. The van der Waals surface area contributed by atoms with Crippen molar-refractivity contribution in [2.24, 2.45) is 0 Å². The summed E-state index contributed by atoms with van der Waals surface area (Å²) in [4.78, 5) is 0. The van der Waals surface area contributed by atoms with Crippen LogP contribution >= 0.6 is 0 Å². The highest BCUT2D eigenvalue weighted by Gasteiger charge is 2.30. The molecule has 0 saturated carbocycles. The third kappa shape index (κ3) is 5.22. The molecule has 1 rings (SSSR count). The number of allylic oxidation sites excluding steroid dienone is 2. The van der Waals surface area contributed by atoms with Gasteiger partial charge in [0.25, 0.3) is 0 Å². The Labute approximate surface area is 130 Å². The van der Waals surface area contributed by atoms with E-state index < -0.39 is 11.7 Å². The maximum absolute atomic E-state index is 12.7. The summed E-state index contributed by atoms with van der Waals surface area (Å²) in [6.07, 6.45) is 0.899. The Morgan fingerprint density at radius 3 is 2.00 bits per heavy atom. The van der Waals surface area contributed by atoms with Gasteiger partial charge in [0.05, 0.1) is 11.6 Å². The largest absolute Gasteiger partial charge is 0.416 e. The summed E-state index contributed by atoms with van der Waals surface area (Å²) in [7, 11) is 0. The lowest BCUT2D eigenvalue weighted by Crippen LogP contribution is -2.04. The number of hydrogen-bond donors (Lipinski definition) is 0.